The van der Waals surface area contributed by atoms with Gasteiger partial charge in [0.1, 0.15) is 0 Å². The lowest BCUT2D eigenvalue weighted by atomic mass is 10.3. The van der Waals surface area contributed by atoms with E-state index in [9.17, 15) is 9.59 Å². The Morgan fingerprint density at radius 2 is 2.00 bits per heavy atom. The number of amides is 2. The first kappa shape index (κ1) is 14.9. The van der Waals surface area contributed by atoms with Crippen LogP contribution < -0.4 is 10.6 Å². The van der Waals surface area contributed by atoms with E-state index >= 15 is 0 Å². The molecule has 0 aromatic heterocycles. The van der Waals surface area contributed by atoms with Gasteiger partial charge in [-0.2, -0.15) is 0 Å². The molecule has 1 rings (SSSR count). The Morgan fingerprint density at radius 3 is 2.56 bits per heavy atom. The zero-order valence-corrected chi connectivity index (χ0v) is 12.2. The van der Waals surface area contributed by atoms with Crippen LogP contribution in [0.2, 0.25) is 0 Å². The molecule has 18 heavy (non-hydrogen) atoms. The van der Waals surface area contributed by atoms with E-state index in [0.717, 1.165) is 4.47 Å². The standard InChI is InChI=1S/C10H10Br2N2O4/c11-5-1-2-7(6(12)3-5)14-10(18)13-4-8(15)9(16)17/h1-3,8,15H,4H2,(H,16,17)(H2,13,14,18). The summed E-state index contributed by atoms with van der Waals surface area (Å²) in [6.45, 7) is -0.366. The summed E-state index contributed by atoms with van der Waals surface area (Å²) in [5, 5.41) is 22.2. The molecular formula is C10H10Br2N2O4. The van der Waals surface area contributed by atoms with Crippen LogP contribution in [0.3, 0.4) is 0 Å². The molecule has 1 atom stereocenters. The van der Waals surface area contributed by atoms with Gasteiger partial charge in [0.2, 0.25) is 0 Å². The SMILES string of the molecule is O=C(NCC(O)C(=O)O)Nc1ccc(Br)cc1Br. The van der Waals surface area contributed by atoms with Crippen molar-refractivity contribution in [3.8, 4) is 0 Å². The summed E-state index contributed by atoms with van der Waals surface area (Å²) in [6, 6.07) is 4.56. The van der Waals surface area contributed by atoms with Crippen LogP contribution in [0.5, 0.6) is 0 Å². The lowest BCUT2D eigenvalue weighted by Gasteiger charge is -2.10. The van der Waals surface area contributed by atoms with Gasteiger partial charge < -0.3 is 20.8 Å². The Kier molecular flexibility index (Phi) is 5.57. The van der Waals surface area contributed by atoms with E-state index in [1.54, 1.807) is 18.2 Å². The second-order valence-electron chi connectivity index (χ2n) is 3.31. The van der Waals surface area contributed by atoms with E-state index < -0.39 is 18.1 Å². The Morgan fingerprint density at radius 1 is 1.33 bits per heavy atom. The third-order valence-corrected chi connectivity index (χ3v) is 3.07. The molecule has 0 radical (unpaired) electrons. The predicted molar refractivity (Wildman–Crippen MR) is 72.5 cm³/mol. The third kappa shape index (κ3) is 4.63. The Labute approximate surface area is 120 Å². The van der Waals surface area contributed by atoms with Crippen molar-refractivity contribution in [2.45, 2.75) is 6.10 Å². The fourth-order valence-corrected chi connectivity index (χ4v) is 2.18. The number of rotatable bonds is 4. The lowest BCUT2D eigenvalue weighted by molar-refractivity contribution is -0.146. The number of carbonyl (C=O) groups excluding carboxylic acids is 1. The topological polar surface area (TPSA) is 98.7 Å². The molecule has 0 heterocycles. The van der Waals surface area contributed by atoms with Crippen LogP contribution in [0.25, 0.3) is 0 Å². The van der Waals surface area contributed by atoms with Gasteiger partial charge in [-0.3, -0.25) is 0 Å². The number of carboxylic acid groups (broad SMARTS) is 1. The highest BCUT2D eigenvalue weighted by molar-refractivity contribution is 9.11. The normalized spacial score (nSPS) is 11.7. The number of carboxylic acids is 1. The number of carbonyl (C=O) groups is 2. The van der Waals surface area contributed by atoms with Gasteiger partial charge in [0, 0.05) is 8.95 Å². The average Bonchev–Trinajstić information content (AvgIpc) is 2.29. The van der Waals surface area contributed by atoms with Gasteiger partial charge in [0.05, 0.1) is 12.2 Å². The molecule has 0 fully saturated rings. The minimum atomic E-state index is -1.62. The molecule has 0 aliphatic carbocycles. The van der Waals surface area contributed by atoms with E-state index in [1.807, 2.05) is 0 Å². The maximum Gasteiger partial charge on any atom is 0.334 e. The second kappa shape index (κ2) is 6.72. The van der Waals surface area contributed by atoms with Gasteiger partial charge in [0.15, 0.2) is 6.10 Å². The van der Waals surface area contributed by atoms with Gasteiger partial charge in [-0.15, -0.1) is 0 Å². The number of aliphatic carboxylic acids is 1. The van der Waals surface area contributed by atoms with E-state index in [2.05, 4.69) is 42.5 Å². The number of benzene rings is 1. The maximum atomic E-state index is 11.4. The fraction of sp³-hybridized carbons (Fsp3) is 0.200. The van der Waals surface area contributed by atoms with Crippen molar-refractivity contribution < 1.29 is 19.8 Å². The number of nitrogens with one attached hydrogen (secondary N) is 2. The molecule has 0 spiro atoms. The minimum absolute atomic E-state index is 0.366. The summed E-state index contributed by atoms with van der Waals surface area (Å²) < 4.78 is 1.52. The van der Waals surface area contributed by atoms with E-state index in [-0.39, 0.29) is 6.54 Å². The van der Waals surface area contributed by atoms with Crippen LogP contribution in [0.4, 0.5) is 10.5 Å². The molecule has 2 amide bonds. The molecule has 0 aliphatic heterocycles. The van der Waals surface area contributed by atoms with Crippen LogP contribution in [0.1, 0.15) is 0 Å². The smallest absolute Gasteiger partial charge is 0.334 e. The molecular weight excluding hydrogens is 372 g/mol. The summed E-state index contributed by atoms with van der Waals surface area (Å²) in [6.07, 6.45) is -1.62. The van der Waals surface area contributed by atoms with E-state index in [0.29, 0.717) is 10.2 Å². The molecule has 4 N–H and O–H groups in total. The summed E-state index contributed by atoms with van der Waals surface area (Å²) in [4.78, 5) is 21.7. The van der Waals surface area contributed by atoms with Gasteiger partial charge in [-0.1, -0.05) is 15.9 Å². The van der Waals surface area contributed by atoms with Gasteiger partial charge >= 0.3 is 12.0 Å². The van der Waals surface area contributed by atoms with E-state index in [1.165, 1.54) is 0 Å². The molecule has 98 valence electrons. The Bertz CT molecular complexity index is 467. The predicted octanol–water partition coefficient (Wildman–Crippen LogP) is 1.78. The van der Waals surface area contributed by atoms with Crippen molar-refractivity contribution in [2.75, 3.05) is 11.9 Å². The number of halogens is 2. The molecule has 1 aromatic carbocycles. The minimum Gasteiger partial charge on any atom is -0.479 e. The fourth-order valence-electron chi connectivity index (χ4n) is 1.03. The maximum absolute atomic E-state index is 11.4. The first-order valence-corrected chi connectivity index (χ1v) is 6.39. The Hall–Kier alpha value is -1.12. The van der Waals surface area contributed by atoms with Crippen LogP contribution in [0, 0.1) is 0 Å². The number of urea groups is 1. The number of aliphatic hydroxyl groups is 1. The summed E-state index contributed by atoms with van der Waals surface area (Å²) in [5.74, 6) is -1.39. The van der Waals surface area contributed by atoms with Gasteiger partial charge in [-0.25, -0.2) is 9.59 Å². The highest BCUT2D eigenvalue weighted by Gasteiger charge is 2.14. The van der Waals surface area contributed by atoms with Crippen LogP contribution in [0.15, 0.2) is 27.1 Å². The van der Waals surface area contributed by atoms with Crippen LogP contribution >= 0.6 is 31.9 Å². The number of hydrogen-bond donors (Lipinski definition) is 4. The molecule has 0 saturated carbocycles. The largest absolute Gasteiger partial charge is 0.479 e. The van der Waals surface area contributed by atoms with Gasteiger partial charge in [0.25, 0.3) is 0 Å². The average molecular weight is 382 g/mol. The number of hydrogen-bond acceptors (Lipinski definition) is 3. The van der Waals surface area contributed by atoms with Gasteiger partial charge in [-0.05, 0) is 34.1 Å². The zero-order chi connectivity index (χ0) is 13.7. The van der Waals surface area contributed by atoms with Crippen molar-refractivity contribution in [3.05, 3.63) is 27.1 Å². The third-order valence-electron chi connectivity index (χ3n) is 1.92. The van der Waals surface area contributed by atoms with Crippen molar-refractivity contribution in [3.63, 3.8) is 0 Å². The quantitative estimate of drug-likeness (QED) is 0.638. The summed E-state index contributed by atoms with van der Waals surface area (Å²) in [5.41, 5.74) is 0.528. The molecule has 0 bridgehead atoms. The highest BCUT2D eigenvalue weighted by atomic mass is 79.9. The monoisotopic (exact) mass is 380 g/mol. The summed E-state index contributed by atoms with van der Waals surface area (Å²) in [7, 11) is 0. The molecule has 8 heteroatoms. The molecule has 0 aliphatic rings. The molecule has 1 aromatic rings. The van der Waals surface area contributed by atoms with Crippen molar-refractivity contribution in [1.82, 2.24) is 5.32 Å². The lowest BCUT2D eigenvalue weighted by Crippen LogP contribution is -2.38. The second-order valence-corrected chi connectivity index (χ2v) is 5.08. The van der Waals surface area contributed by atoms with Crippen LogP contribution in [-0.2, 0) is 4.79 Å². The van der Waals surface area contributed by atoms with Crippen molar-refractivity contribution in [1.29, 1.82) is 0 Å². The van der Waals surface area contributed by atoms with Crippen LogP contribution in [-0.4, -0.2) is 34.9 Å². The van der Waals surface area contributed by atoms with Crippen molar-refractivity contribution in [2.24, 2.45) is 0 Å². The highest BCUT2D eigenvalue weighted by Crippen LogP contribution is 2.25. The number of aliphatic hydroxyl groups excluding tert-OH is 1. The van der Waals surface area contributed by atoms with E-state index in [4.69, 9.17) is 10.2 Å². The summed E-state index contributed by atoms with van der Waals surface area (Å²) >= 11 is 6.53. The first-order chi connectivity index (χ1) is 8.40. The number of anilines is 1. The Balaban J connectivity index is 2.52. The first-order valence-electron chi connectivity index (χ1n) is 4.81. The molecule has 1 unspecified atom stereocenters. The molecule has 6 nitrogen and oxygen atoms in total. The van der Waals surface area contributed by atoms with Crippen molar-refractivity contribution >= 4 is 49.5 Å². The zero-order valence-electron chi connectivity index (χ0n) is 8.98. The molecule has 0 saturated heterocycles.